The van der Waals surface area contributed by atoms with E-state index in [9.17, 15) is 0 Å². The molecule has 0 N–H and O–H groups in total. The standard InChI is InChI=1S/C22H30NS2/c1-5-6-16-23(3,4)17-19-12-14-20(15-13-19)18(2)25-22(24)21-10-8-7-9-11-21/h7-15,18H,5-6,16-17H2,1-4H3/q+1. The molecule has 1 unspecified atom stereocenters. The summed E-state index contributed by atoms with van der Waals surface area (Å²) in [6.45, 7) is 6.81. The minimum Gasteiger partial charge on any atom is -0.325 e. The molecule has 2 aromatic carbocycles. The van der Waals surface area contributed by atoms with E-state index in [1.54, 1.807) is 11.8 Å². The fourth-order valence-corrected chi connectivity index (χ4v) is 4.38. The van der Waals surface area contributed by atoms with Crippen LogP contribution in [0.2, 0.25) is 0 Å². The summed E-state index contributed by atoms with van der Waals surface area (Å²) in [5.41, 5.74) is 3.89. The van der Waals surface area contributed by atoms with Crippen molar-refractivity contribution in [1.82, 2.24) is 0 Å². The molecule has 0 bridgehead atoms. The van der Waals surface area contributed by atoms with Crippen LogP contribution >= 0.6 is 24.0 Å². The molecule has 0 aliphatic rings. The van der Waals surface area contributed by atoms with Gasteiger partial charge in [0.15, 0.2) is 0 Å². The third kappa shape index (κ3) is 6.58. The SMILES string of the molecule is CCCC[N+](C)(C)Cc1ccc(C(C)SC(=S)c2ccccc2)cc1. The first-order valence-corrected chi connectivity index (χ1v) is 10.4. The summed E-state index contributed by atoms with van der Waals surface area (Å²) >= 11 is 7.36. The fraction of sp³-hybridized carbons (Fsp3) is 0.409. The Hall–Kier alpha value is -1.16. The molecule has 25 heavy (non-hydrogen) atoms. The van der Waals surface area contributed by atoms with Gasteiger partial charge in [0, 0.05) is 10.8 Å². The highest BCUT2D eigenvalue weighted by Gasteiger charge is 2.16. The lowest BCUT2D eigenvalue weighted by Gasteiger charge is -2.30. The van der Waals surface area contributed by atoms with Gasteiger partial charge in [-0.3, -0.25) is 0 Å². The predicted octanol–water partition coefficient (Wildman–Crippen LogP) is 6.23. The van der Waals surface area contributed by atoms with Crippen LogP contribution in [0.4, 0.5) is 0 Å². The van der Waals surface area contributed by atoms with Crippen LogP contribution in [0.25, 0.3) is 0 Å². The van der Waals surface area contributed by atoms with Crippen molar-refractivity contribution in [3.63, 3.8) is 0 Å². The number of quaternary nitrogens is 1. The van der Waals surface area contributed by atoms with Gasteiger partial charge in [-0.1, -0.05) is 80.2 Å². The lowest BCUT2D eigenvalue weighted by molar-refractivity contribution is -0.903. The number of thioether (sulfide) groups is 1. The van der Waals surface area contributed by atoms with Crippen molar-refractivity contribution in [3.8, 4) is 0 Å². The smallest absolute Gasteiger partial charge is 0.104 e. The fourth-order valence-electron chi connectivity index (χ4n) is 2.92. The van der Waals surface area contributed by atoms with Gasteiger partial charge < -0.3 is 4.48 Å². The van der Waals surface area contributed by atoms with E-state index in [0.29, 0.717) is 5.25 Å². The van der Waals surface area contributed by atoms with Gasteiger partial charge in [-0.2, -0.15) is 0 Å². The van der Waals surface area contributed by atoms with Crippen LogP contribution in [0, 0.1) is 0 Å². The molecule has 1 atom stereocenters. The topological polar surface area (TPSA) is 0 Å². The molecule has 0 saturated heterocycles. The van der Waals surface area contributed by atoms with Gasteiger partial charge >= 0.3 is 0 Å². The third-order valence-corrected chi connectivity index (χ3v) is 6.07. The van der Waals surface area contributed by atoms with Gasteiger partial charge in [0.05, 0.1) is 24.8 Å². The maximum Gasteiger partial charge on any atom is 0.104 e. The zero-order valence-corrected chi connectivity index (χ0v) is 17.5. The Balaban J connectivity index is 1.96. The van der Waals surface area contributed by atoms with Crippen molar-refractivity contribution in [2.75, 3.05) is 20.6 Å². The van der Waals surface area contributed by atoms with Crippen molar-refractivity contribution in [2.45, 2.75) is 38.5 Å². The van der Waals surface area contributed by atoms with Crippen molar-refractivity contribution < 1.29 is 4.48 Å². The Morgan fingerprint density at radius 1 is 1.04 bits per heavy atom. The predicted molar refractivity (Wildman–Crippen MR) is 116 cm³/mol. The van der Waals surface area contributed by atoms with Gasteiger partial charge in [-0.25, -0.2) is 0 Å². The minimum absolute atomic E-state index is 0.365. The van der Waals surface area contributed by atoms with Crippen molar-refractivity contribution in [2.24, 2.45) is 0 Å². The molecule has 0 amide bonds. The zero-order valence-electron chi connectivity index (χ0n) is 15.9. The van der Waals surface area contributed by atoms with Crippen LogP contribution in [0.5, 0.6) is 0 Å². The second-order valence-corrected chi connectivity index (χ2v) is 9.34. The van der Waals surface area contributed by atoms with E-state index in [4.69, 9.17) is 12.2 Å². The van der Waals surface area contributed by atoms with Crippen LogP contribution < -0.4 is 0 Å². The van der Waals surface area contributed by atoms with E-state index in [-0.39, 0.29) is 0 Å². The average Bonchev–Trinajstić information content (AvgIpc) is 2.61. The van der Waals surface area contributed by atoms with E-state index in [1.165, 1.54) is 30.5 Å². The molecule has 1 nitrogen and oxygen atoms in total. The molecule has 0 radical (unpaired) electrons. The Morgan fingerprint density at radius 2 is 1.68 bits per heavy atom. The van der Waals surface area contributed by atoms with Crippen LogP contribution in [0.15, 0.2) is 54.6 Å². The number of hydrogen-bond acceptors (Lipinski definition) is 2. The zero-order chi connectivity index (χ0) is 18.3. The monoisotopic (exact) mass is 372 g/mol. The summed E-state index contributed by atoms with van der Waals surface area (Å²) in [6.07, 6.45) is 2.55. The molecule has 0 heterocycles. The normalized spacial score (nSPS) is 12.8. The average molecular weight is 373 g/mol. The summed E-state index contributed by atoms with van der Waals surface area (Å²) in [7, 11) is 4.64. The lowest BCUT2D eigenvalue weighted by atomic mass is 10.1. The molecule has 0 saturated carbocycles. The molecule has 0 spiro atoms. The number of hydrogen-bond donors (Lipinski definition) is 0. The van der Waals surface area contributed by atoms with Crippen molar-refractivity contribution >= 4 is 28.2 Å². The lowest BCUT2D eigenvalue weighted by Crippen LogP contribution is -2.39. The molecule has 0 aromatic heterocycles. The highest BCUT2D eigenvalue weighted by atomic mass is 32.2. The summed E-state index contributed by atoms with van der Waals surface area (Å²) in [4.78, 5) is 0. The summed E-state index contributed by atoms with van der Waals surface area (Å²) in [5, 5.41) is 0.365. The minimum atomic E-state index is 0.365. The summed E-state index contributed by atoms with van der Waals surface area (Å²) in [6, 6.07) is 19.4. The highest BCUT2D eigenvalue weighted by Crippen LogP contribution is 2.32. The van der Waals surface area contributed by atoms with E-state index < -0.39 is 0 Å². The first-order chi connectivity index (χ1) is 11.9. The molecular weight excluding hydrogens is 342 g/mol. The first-order valence-electron chi connectivity index (χ1n) is 9.08. The van der Waals surface area contributed by atoms with E-state index in [1.807, 2.05) is 18.2 Å². The van der Waals surface area contributed by atoms with Crippen LogP contribution in [-0.2, 0) is 6.54 Å². The van der Waals surface area contributed by atoms with E-state index in [2.05, 4.69) is 64.3 Å². The number of rotatable bonds is 8. The Morgan fingerprint density at radius 3 is 2.28 bits per heavy atom. The van der Waals surface area contributed by atoms with E-state index in [0.717, 1.165) is 20.8 Å². The Labute approximate surface area is 163 Å². The molecule has 0 fully saturated rings. The summed E-state index contributed by atoms with van der Waals surface area (Å²) < 4.78 is 2.02. The molecule has 2 rings (SSSR count). The molecule has 0 aliphatic heterocycles. The van der Waals surface area contributed by atoms with Gasteiger partial charge in [0.25, 0.3) is 0 Å². The largest absolute Gasteiger partial charge is 0.325 e. The van der Waals surface area contributed by atoms with Crippen LogP contribution in [-0.4, -0.2) is 29.3 Å². The second-order valence-electron chi connectivity index (χ2n) is 7.33. The van der Waals surface area contributed by atoms with Crippen molar-refractivity contribution in [1.29, 1.82) is 0 Å². The maximum atomic E-state index is 5.60. The number of benzene rings is 2. The van der Waals surface area contributed by atoms with Crippen molar-refractivity contribution in [3.05, 3.63) is 71.3 Å². The van der Waals surface area contributed by atoms with Crippen LogP contribution in [0.3, 0.4) is 0 Å². The Bertz CT molecular complexity index is 662. The number of thiocarbonyl (C=S) groups is 1. The van der Waals surface area contributed by atoms with E-state index >= 15 is 0 Å². The Kier molecular flexibility index (Phi) is 7.67. The highest BCUT2D eigenvalue weighted by molar-refractivity contribution is 8.23. The first kappa shape index (κ1) is 20.2. The van der Waals surface area contributed by atoms with Gasteiger partial charge in [-0.05, 0) is 24.5 Å². The molecule has 134 valence electrons. The quantitative estimate of drug-likeness (QED) is 0.398. The third-order valence-electron chi connectivity index (χ3n) is 4.47. The molecular formula is C22H30NS2+. The number of unbranched alkanes of at least 4 members (excludes halogenated alkanes) is 1. The molecule has 0 aliphatic carbocycles. The van der Waals surface area contributed by atoms with Crippen LogP contribution in [0.1, 0.15) is 48.6 Å². The number of nitrogens with zero attached hydrogens (tertiary/aromatic N) is 1. The van der Waals surface area contributed by atoms with Gasteiger partial charge in [0.2, 0.25) is 0 Å². The second kappa shape index (κ2) is 9.51. The summed E-state index contributed by atoms with van der Waals surface area (Å²) in [5.74, 6) is 0. The van der Waals surface area contributed by atoms with Gasteiger partial charge in [-0.15, -0.1) is 11.8 Å². The molecule has 2 aromatic rings. The maximum absolute atomic E-state index is 5.60. The van der Waals surface area contributed by atoms with Gasteiger partial charge in [0.1, 0.15) is 6.54 Å². The molecule has 3 heteroatoms.